The van der Waals surface area contributed by atoms with Crippen LogP contribution in [0.15, 0.2) is 30.3 Å². The van der Waals surface area contributed by atoms with E-state index in [9.17, 15) is 0 Å². The van der Waals surface area contributed by atoms with Gasteiger partial charge in [-0.1, -0.05) is 30.3 Å². The average molecular weight is 305 g/mol. The highest BCUT2D eigenvalue weighted by Crippen LogP contribution is 2.31. The van der Waals surface area contributed by atoms with Crippen molar-refractivity contribution in [1.29, 1.82) is 0 Å². The van der Waals surface area contributed by atoms with Crippen LogP contribution in [0.4, 0.5) is 0 Å². The van der Waals surface area contributed by atoms with Crippen LogP contribution in [0.1, 0.15) is 25.3 Å². The SMILES string of the molecule is CCOC1C2CCC1N(CCOCc1ccccc1)CCO2. The van der Waals surface area contributed by atoms with Gasteiger partial charge in [-0.25, -0.2) is 0 Å². The Morgan fingerprint density at radius 3 is 2.91 bits per heavy atom. The Balaban J connectivity index is 1.47. The molecule has 1 aliphatic heterocycles. The molecule has 3 rings (SSSR count). The number of benzene rings is 1. The molecule has 3 atom stereocenters. The second-order valence-electron chi connectivity index (χ2n) is 6.05. The van der Waals surface area contributed by atoms with Crippen molar-refractivity contribution in [3.63, 3.8) is 0 Å². The molecule has 2 bridgehead atoms. The van der Waals surface area contributed by atoms with Crippen molar-refractivity contribution in [2.75, 3.05) is 32.9 Å². The third-order valence-electron chi connectivity index (χ3n) is 4.67. The van der Waals surface area contributed by atoms with Gasteiger partial charge in [-0.05, 0) is 25.3 Å². The minimum absolute atomic E-state index is 0.238. The molecule has 2 aliphatic rings. The molecule has 22 heavy (non-hydrogen) atoms. The molecule has 1 saturated heterocycles. The average Bonchev–Trinajstić information content (AvgIpc) is 2.84. The van der Waals surface area contributed by atoms with E-state index in [4.69, 9.17) is 14.2 Å². The molecule has 1 aromatic carbocycles. The molecular weight excluding hydrogens is 278 g/mol. The van der Waals surface area contributed by atoms with Crippen LogP contribution < -0.4 is 0 Å². The predicted molar refractivity (Wildman–Crippen MR) is 85.8 cm³/mol. The van der Waals surface area contributed by atoms with E-state index in [0.717, 1.165) is 39.3 Å². The Bertz CT molecular complexity index is 439. The number of fused-ring (bicyclic) bond motifs is 2. The number of hydrogen-bond acceptors (Lipinski definition) is 4. The fourth-order valence-electron chi connectivity index (χ4n) is 3.60. The first-order valence-corrected chi connectivity index (χ1v) is 8.47. The Morgan fingerprint density at radius 1 is 1.23 bits per heavy atom. The quantitative estimate of drug-likeness (QED) is 0.724. The van der Waals surface area contributed by atoms with E-state index in [0.29, 0.717) is 18.8 Å². The van der Waals surface area contributed by atoms with Crippen molar-refractivity contribution in [3.8, 4) is 0 Å². The first-order valence-electron chi connectivity index (χ1n) is 8.47. The highest BCUT2D eigenvalue weighted by Gasteiger charge is 2.42. The number of ether oxygens (including phenoxy) is 3. The standard InChI is InChI=1S/C18H27NO3/c1-2-21-18-16-8-9-17(18)22-13-11-19(16)10-12-20-14-15-6-4-3-5-7-15/h3-7,16-18H,2,8-14H2,1H3. The highest BCUT2D eigenvalue weighted by atomic mass is 16.5. The molecule has 0 N–H and O–H groups in total. The Kier molecular flexibility index (Phi) is 5.84. The fourth-order valence-corrected chi connectivity index (χ4v) is 3.60. The number of hydrogen-bond donors (Lipinski definition) is 0. The van der Waals surface area contributed by atoms with Crippen LogP contribution in [0.25, 0.3) is 0 Å². The minimum Gasteiger partial charge on any atom is -0.375 e. The maximum atomic E-state index is 5.96. The first-order chi connectivity index (χ1) is 10.9. The molecule has 2 fully saturated rings. The summed E-state index contributed by atoms with van der Waals surface area (Å²) in [6.07, 6.45) is 2.83. The highest BCUT2D eigenvalue weighted by molar-refractivity contribution is 5.13. The molecule has 1 saturated carbocycles. The van der Waals surface area contributed by atoms with E-state index in [-0.39, 0.29) is 6.10 Å². The largest absolute Gasteiger partial charge is 0.375 e. The molecule has 4 nitrogen and oxygen atoms in total. The molecule has 1 aromatic rings. The summed E-state index contributed by atoms with van der Waals surface area (Å²) >= 11 is 0. The molecular formula is C18H27NO3. The predicted octanol–water partition coefficient (Wildman–Crippen LogP) is 2.47. The molecule has 4 heteroatoms. The van der Waals surface area contributed by atoms with Gasteiger partial charge in [-0.2, -0.15) is 0 Å². The smallest absolute Gasteiger partial charge is 0.0991 e. The van der Waals surface area contributed by atoms with Gasteiger partial charge in [0.15, 0.2) is 0 Å². The van der Waals surface area contributed by atoms with Crippen LogP contribution in [-0.4, -0.2) is 56.1 Å². The molecule has 1 heterocycles. The lowest BCUT2D eigenvalue weighted by molar-refractivity contribution is -0.0504. The maximum absolute atomic E-state index is 5.96. The summed E-state index contributed by atoms with van der Waals surface area (Å²) in [6, 6.07) is 10.8. The third kappa shape index (κ3) is 3.87. The summed E-state index contributed by atoms with van der Waals surface area (Å²) in [7, 11) is 0. The summed E-state index contributed by atoms with van der Waals surface area (Å²) in [5.74, 6) is 0. The summed E-state index contributed by atoms with van der Waals surface area (Å²) in [4.78, 5) is 2.50. The summed E-state index contributed by atoms with van der Waals surface area (Å²) in [5, 5.41) is 0. The lowest BCUT2D eigenvalue weighted by Gasteiger charge is -2.30. The summed E-state index contributed by atoms with van der Waals surface area (Å²) in [6.45, 7) is 7.03. The fraction of sp³-hybridized carbons (Fsp3) is 0.667. The summed E-state index contributed by atoms with van der Waals surface area (Å²) < 4.78 is 17.7. The zero-order valence-corrected chi connectivity index (χ0v) is 13.4. The van der Waals surface area contributed by atoms with Gasteiger partial charge < -0.3 is 14.2 Å². The van der Waals surface area contributed by atoms with Crippen molar-refractivity contribution in [1.82, 2.24) is 4.90 Å². The van der Waals surface area contributed by atoms with Crippen LogP contribution in [-0.2, 0) is 20.8 Å². The van der Waals surface area contributed by atoms with Crippen molar-refractivity contribution in [3.05, 3.63) is 35.9 Å². The van der Waals surface area contributed by atoms with Crippen molar-refractivity contribution >= 4 is 0 Å². The molecule has 1 aliphatic carbocycles. The molecule has 0 aromatic heterocycles. The maximum Gasteiger partial charge on any atom is 0.0991 e. The Labute approximate surface area is 133 Å². The lowest BCUT2D eigenvalue weighted by atomic mass is 10.1. The van der Waals surface area contributed by atoms with Gasteiger partial charge in [0.25, 0.3) is 0 Å². The molecule has 0 amide bonds. The second-order valence-corrected chi connectivity index (χ2v) is 6.05. The van der Waals surface area contributed by atoms with Crippen molar-refractivity contribution in [2.45, 2.75) is 44.6 Å². The minimum atomic E-state index is 0.238. The van der Waals surface area contributed by atoms with Crippen molar-refractivity contribution in [2.24, 2.45) is 0 Å². The second kappa shape index (κ2) is 8.06. The van der Waals surface area contributed by atoms with Crippen molar-refractivity contribution < 1.29 is 14.2 Å². The van der Waals surface area contributed by atoms with Gasteiger partial charge in [0.05, 0.1) is 32.0 Å². The van der Waals surface area contributed by atoms with Gasteiger partial charge in [0.1, 0.15) is 0 Å². The van der Waals surface area contributed by atoms with E-state index >= 15 is 0 Å². The zero-order valence-electron chi connectivity index (χ0n) is 13.4. The van der Waals surface area contributed by atoms with E-state index in [1.807, 2.05) is 6.07 Å². The van der Waals surface area contributed by atoms with E-state index in [1.54, 1.807) is 0 Å². The van der Waals surface area contributed by atoms with Gasteiger partial charge in [0, 0.05) is 25.7 Å². The third-order valence-corrected chi connectivity index (χ3v) is 4.67. The Morgan fingerprint density at radius 2 is 2.09 bits per heavy atom. The zero-order chi connectivity index (χ0) is 15.2. The first kappa shape index (κ1) is 15.9. The monoisotopic (exact) mass is 305 g/mol. The van der Waals surface area contributed by atoms with Gasteiger partial charge in [-0.15, -0.1) is 0 Å². The van der Waals surface area contributed by atoms with E-state index in [2.05, 4.69) is 36.1 Å². The van der Waals surface area contributed by atoms with Crippen LogP contribution in [0.2, 0.25) is 0 Å². The Hall–Kier alpha value is -0.940. The lowest BCUT2D eigenvalue weighted by Crippen LogP contribution is -2.44. The van der Waals surface area contributed by atoms with Crippen LogP contribution in [0.5, 0.6) is 0 Å². The van der Waals surface area contributed by atoms with Crippen LogP contribution >= 0.6 is 0 Å². The molecule has 0 radical (unpaired) electrons. The number of rotatable bonds is 7. The number of nitrogens with zero attached hydrogens (tertiary/aromatic N) is 1. The molecule has 0 spiro atoms. The van der Waals surface area contributed by atoms with E-state index < -0.39 is 0 Å². The topological polar surface area (TPSA) is 30.9 Å². The van der Waals surface area contributed by atoms with Crippen LogP contribution in [0, 0.1) is 0 Å². The molecule has 122 valence electrons. The van der Waals surface area contributed by atoms with Gasteiger partial charge >= 0.3 is 0 Å². The van der Waals surface area contributed by atoms with Gasteiger partial charge in [-0.3, -0.25) is 4.90 Å². The van der Waals surface area contributed by atoms with Crippen LogP contribution in [0.3, 0.4) is 0 Å². The van der Waals surface area contributed by atoms with E-state index in [1.165, 1.54) is 12.0 Å². The van der Waals surface area contributed by atoms with Gasteiger partial charge in [0.2, 0.25) is 0 Å². The normalized spacial score (nSPS) is 28.7. The molecule has 3 unspecified atom stereocenters. The summed E-state index contributed by atoms with van der Waals surface area (Å²) in [5.41, 5.74) is 1.23.